The number of likely N-dealkylation sites (N-methyl/N-ethyl adjacent to an activating group) is 1. The quantitative estimate of drug-likeness (QED) is 0.0610. The average Bonchev–Trinajstić information content (AvgIpc) is 4.54. The van der Waals surface area contributed by atoms with E-state index < -0.39 is 35.7 Å². The summed E-state index contributed by atoms with van der Waals surface area (Å²) in [5.74, 6) is 2.38. The van der Waals surface area contributed by atoms with Gasteiger partial charge in [-0.1, -0.05) is 72.3 Å². The standard InChI is InChI=1S/C60H53ClF6N6O8S2/c1-71(58(75)47-35-83-55(70-47)32-73(28-40-6-4-8-44(22-40)60(65,66)67)29-41-12-17-49-52(24-41)79-36-78-49)20-19-37-11-16-48(76-2)51(23-37)77-33-56-80-50-18-13-42(25-53(50)81-56)30-72(27-38-9-14-45(61)15-10-38)31-54-69-46(34-82-54)57(74)68-26-39-5-3-7-43(21-39)59(62,63)64/h3-18,21-25,34-35,56H,19-20,26-33,36H2,1-2H3,(H,68,74). The fourth-order valence-corrected chi connectivity index (χ4v) is 11.0. The van der Waals surface area contributed by atoms with Crippen molar-refractivity contribution in [2.45, 2.75) is 70.9 Å². The molecule has 0 saturated heterocycles. The molecular weight excluding hydrogens is 1150 g/mol. The van der Waals surface area contributed by atoms with Gasteiger partial charge >= 0.3 is 12.4 Å². The molecule has 2 amide bonds. The van der Waals surface area contributed by atoms with Gasteiger partial charge in [-0.25, -0.2) is 9.97 Å². The monoisotopic (exact) mass is 1200 g/mol. The van der Waals surface area contributed by atoms with E-state index in [0.29, 0.717) is 99.8 Å². The lowest BCUT2D eigenvalue weighted by Crippen LogP contribution is -2.29. The number of aromatic nitrogens is 2. The SMILES string of the molecule is COc1ccc(CCN(C)C(=O)c2csc(CN(Cc3cccc(C(F)(F)F)c3)Cc3ccc4c(c3)OCO4)n2)cc1OCC1Oc2ccc(CN(Cc3ccc(Cl)cc3)Cc3nc(C(=O)NCc4cccc(C(F)(F)F)c4)cs3)cc2O1. The fourth-order valence-electron chi connectivity index (χ4n) is 9.28. The van der Waals surface area contributed by atoms with Gasteiger partial charge in [-0.3, -0.25) is 19.4 Å². The molecule has 2 aliphatic rings. The van der Waals surface area contributed by atoms with Gasteiger partial charge in [-0.15, -0.1) is 22.7 Å². The molecule has 14 nitrogen and oxygen atoms in total. The van der Waals surface area contributed by atoms with Crippen LogP contribution in [0.25, 0.3) is 0 Å². The highest BCUT2D eigenvalue weighted by Crippen LogP contribution is 2.38. The smallest absolute Gasteiger partial charge is 0.416 e. The maximum atomic E-state index is 13.7. The van der Waals surface area contributed by atoms with Crippen LogP contribution in [0.15, 0.2) is 138 Å². The Balaban J connectivity index is 0.731. The molecule has 0 radical (unpaired) electrons. The zero-order chi connectivity index (χ0) is 58.3. The number of carbonyl (C=O) groups excluding carboxylic acids is 2. The molecule has 4 heterocycles. The zero-order valence-electron chi connectivity index (χ0n) is 44.6. The van der Waals surface area contributed by atoms with Gasteiger partial charge in [0.15, 0.2) is 41.1 Å². The van der Waals surface area contributed by atoms with Crippen molar-refractivity contribution in [2.24, 2.45) is 0 Å². The molecule has 432 valence electrons. The number of nitrogens with one attached hydrogen (secondary N) is 1. The maximum absolute atomic E-state index is 13.7. The summed E-state index contributed by atoms with van der Waals surface area (Å²) in [5, 5.41) is 7.85. The van der Waals surface area contributed by atoms with E-state index in [1.54, 1.807) is 40.9 Å². The van der Waals surface area contributed by atoms with Crippen LogP contribution < -0.4 is 33.7 Å². The zero-order valence-corrected chi connectivity index (χ0v) is 47.0. The summed E-state index contributed by atoms with van der Waals surface area (Å²) in [6.07, 6.45) is -9.32. The first-order chi connectivity index (χ1) is 39.9. The van der Waals surface area contributed by atoms with Crippen LogP contribution in [0.4, 0.5) is 26.3 Å². The molecule has 0 saturated carbocycles. The lowest BCUT2D eigenvalue weighted by atomic mass is 10.1. The predicted octanol–water partition coefficient (Wildman–Crippen LogP) is 12.9. The number of nitrogens with zero attached hydrogens (tertiary/aromatic N) is 5. The number of ether oxygens (including phenoxy) is 6. The molecule has 0 fully saturated rings. The predicted molar refractivity (Wildman–Crippen MR) is 299 cm³/mol. The summed E-state index contributed by atoms with van der Waals surface area (Å²) in [6.45, 7) is 2.48. The first-order valence-electron chi connectivity index (χ1n) is 26.0. The number of fused-ring (bicyclic) bond motifs is 2. The molecule has 0 bridgehead atoms. The molecule has 6 aromatic carbocycles. The van der Waals surface area contributed by atoms with E-state index in [1.165, 1.54) is 48.0 Å². The third-order valence-corrected chi connectivity index (χ3v) is 15.3. The molecule has 1 atom stereocenters. The van der Waals surface area contributed by atoms with Crippen LogP contribution in [-0.2, 0) is 64.6 Å². The number of hydrogen-bond acceptors (Lipinski definition) is 14. The van der Waals surface area contributed by atoms with E-state index in [9.17, 15) is 35.9 Å². The summed E-state index contributed by atoms with van der Waals surface area (Å²) in [5.41, 5.74) is 3.28. The van der Waals surface area contributed by atoms with Gasteiger partial charge in [0.05, 0.1) is 31.3 Å². The summed E-state index contributed by atoms with van der Waals surface area (Å²) in [6, 6.07) is 34.2. The van der Waals surface area contributed by atoms with E-state index in [0.717, 1.165) is 46.5 Å². The minimum Gasteiger partial charge on any atom is -0.493 e. The van der Waals surface area contributed by atoms with Gasteiger partial charge in [-0.05, 0) is 107 Å². The lowest BCUT2D eigenvalue weighted by Gasteiger charge is -2.22. The van der Waals surface area contributed by atoms with Crippen LogP contribution in [0.3, 0.4) is 0 Å². The van der Waals surface area contributed by atoms with Crippen molar-refractivity contribution in [1.29, 1.82) is 0 Å². The van der Waals surface area contributed by atoms with Crippen molar-refractivity contribution in [2.75, 3.05) is 34.1 Å². The van der Waals surface area contributed by atoms with Crippen LogP contribution >= 0.6 is 34.3 Å². The number of benzene rings is 6. The Kier molecular flexibility index (Phi) is 18.1. The van der Waals surface area contributed by atoms with Crippen molar-refractivity contribution < 1.29 is 64.4 Å². The van der Waals surface area contributed by atoms with Crippen LogP contribution in [0.5, 0.6) is 34.5 Å². The number of thiazole rings is 2. The van der Waals surface area contributed by atoms with Crippen molar-refractivity contribution in [3.8, 4) is 34.5 Å². The number of halogens is 7. The highest BCUT2D eigenvalue weighted by molar-refractivity contribution is 7.10. The van der Waals surface area contributed by atoms with Crippen molar-refractivity contribution in [1.82, 2.24) is 30.0 Å². The van der Waals surface area contributed by atoms with Crippen molar-refractivity contribution in [3.05, 3.63) is 209 Å². The van der Waals surface area contributed by atoms with E-state index >= 15 is 0 Å². The summed E-state index contributed by atoms with van der Waals surface area (Å²) < 4.78 is 116. The Morgan fingerprint density at radius 1 is 0.627 bits per heavy atom. The van der Waals surface area contributed by atoms with Crippen molar-refractivity contribution in [3.63, 3.8) is 0 Å². The van der Waals surface area contributed by atoms with Gasteiger partial charge < -0.3 is 38.6 Å². The van der Waals surface area contributed by atoms with E-state index in [-0.39, 0.29) is 50.3 Å². The highest BCUT2D eigenvalue weighted by Gasteiger charge is 2.32. The molecule has 2 aromatic heterocycles. The first kappa shape index (κ1) is 58.3. The summed E-state index contributed by atoms with van der Waals surface area (Å²) in [4.78, 5) is 41.7. The van der Waals surface area contributed by atoms with E-state index in [4.69, 9.17) is 40.0 Å². The number of hydrogen-bond donors (Lipinski definition) is 1. The number of rotatable bonds is 23. The summed E-state index contributed by atoms with van der Waals surface area (Å²) in [7, 11) is 3.22. The number of methoxy groups -OCH3 is 1. The van der Waals surface area contributed by atoms with Crippen molar-refractivity contribution >= 4 is 46.1 Å². The minimum atomic E-state index is -4.50. The maximum Gasteiger partial charge on any atom is 0.416 e. The lowest BCUT2D eigenvalue weighted by molar-refractivity contribution is -0.138. The second kappa shape index (κ2) is 25.7. The third-order valence-electron chi connectivity index (χ3n) is 13.4. The topological polar surface area (TPSA) is 137 Å². The number of amides is 2. The minimum absolute atomic E-state index is 0.00499. The number of carbonyl (C=O) groups is 2. The molecule has 1 N–H and O–H groups in total. The summed E-state index contributed by atoms with van der Waals surface area (Å²) >= 11 is 8.80. The Morgan fingerprint density at radius 2 is 1.18 bits per heavy atom. The van der Waals surface area contributed by atoms with E-state index in [2.05, 4.69) is 20.2 Å². The molecule has 1 unspecified atom stereocenters. The molecule has 10 rings (SSSR count). The largest absolute Gasteiger partial charge is 0.493 e. The number of alkyl halides is 6. The average molecular weight is 1200 g/mol. The Labute approximate surface area is 486 Å². The Bertz CT molecular complexity index is 3580. The molecule has 83 heavy (non-hydrogen) atoms. The molecular formula is C60H53ClF6N6O8S2. The van der Waals surface area contributed by atoms with Crippen LogP contribution in [0.2, 0.25) is 5.02 Å². The first-order valence-corrected chi connectivity index (χ1v) is 28.1. The molecule has 0 aliphatic carbocycles. The van der Waals surface area contributed by atoms with Crippen LogP contribution in [-0.4, -0.2) is 76.9 Å². The van der Waals surface area contributed by atoms with Crippen LogP contribution in [0, 0.1) is 0 Å². The second-order valence-corrected chi connectivity index (χ2v) is 22.0. The Hall–Kier alpha value is -7.89. The molecule has 8 aromatic rings. The van der Waals surface area contributed by atoms with Crippen LogP contribution in [0.1, 0.15) is 75.5 Å². The van der Waals surface area contributed by atoms with Gasteiger partial charge in [0.2, 0.25) is 6.79 Å². The molecule has 23 heteroatoms. The van der Waals surface area contributed by atoms with E-state index in [1.807, 2.05) is 71.6 Å². The highest BCUT2D eigenvalue weighted by atomic mass is 35.5. The van der Waals surface area contributed by atoms with Gasteiger partial charge in [-0.2, -0.15) is 26.3 Å². The van der Waals surface area contributed by atoms with Gasteiger partial charge in [0.1, 0.15) is 21.4 Å². The molecule has 0 spiro atoms. The van der Waals surface area contributed by atoms with Gasteiger partial charge in [0.25, 0.3) is 18.1 Å². The second-order valence-electron chi connectivity index (χ2n) is 19.7. The Morgan fingerprint density at radius 3 is 1.86 bits per heavy atom. The van der Waals surface area contributed by atoms with Gasteiger partial charge in [0, 0.05) is 62.1 Å². The fraction of sp³-hybridized carbons (Fsp3) is 0.267. The third kappa shape index (κ3) is 15.4. The normalized spacial score (nSPS) is 13.7. The molecule has 2 aliphatic heterocycles.